The van der Waals surface area contributed by atoms with Gasteiger partial charge in [0, 0.05) is 24.5 Å². The number of amides is 4. The number of nitrogens with zero attached hydrogens (tertiary/aromatic N) is 3. The molecule has 11 rings (SSSR count). The molecule has 2 aromatic heterocycles. The second kappa shape index (κ2) is 18.0. The van der Waals surface area contributed by atoms with Crippen molar-refractivity contribution in [2.24, 2.45) is 28.1 Å². The van der Waals surface area contributed by atoms with Crippen molar-refractivity contribution < 1.29 is 28.7 Å². The number of hydrogen-bond acceptors (Lipinski definition) is 7. The molecular weight excluding hydrogens is 891 g/mol. The van der Waals surface area contributed by atoms with Gasteiger partial charge in [-0.2, -0.15) is 0 Å². The summed E-state index contributed by atoms with van der Waals surface area (Å²) in [7, 11) is 2.65. The summed E-state index contributed by atoms with van der Waals surface area (Å²) in [4.78, 5) is 68.7. The third kappa shape index (κ3) is 8.81. The van der Waals surface area contributed by atoms with E-state index < -0.39 is 24.3 Å². The summed E-state index contributed by atoms with van der Waals surface area (Å²) in [6, 6.07) is 25.2. The van der Waals surface area contributed by atoms with Gasteiger partial charge in [-0.1, -0.05) is 101 Å². The molecule has 2 aliphatic heterocycles. The fraction of sp³-hybridized carbons (Fsp3) is 0.500. The van der Waals surface area contributed by atoms with Gasteiger partial charge in [0.1, 0.15) is 17.9 Å². The number of likely N-dealkylation sites (tertiary alicyclic amines) is 2. The molecule has 5 fully saturated rings. The summed E-state index contributed by atoms with van der Waals surface area (Å²) in [5.74, 6) is 0.455. The van der Waals surface area contributed by atoms with Crippen molar-refractivity contribution in [3.63, 3.8) is 0 Å². The molecule has 13 heteroatoms. The van der Waals surface area contributed by atoms with Gasteiger partial charge in [-0.05, 0) is 149 Å². The van der Waals surface area contributed by atoms with Crippen molar-refractivity contribution in [2.75, 3.05) is 27.3 Å². The van der Waals surface area contributed by atoms with Crippen LogP contribution < -0.4 is 10.6 Å². The fourth-order valence-corrected chi connectivity index (χ4v) is 12.9. The van der Waals surface area contributed by atoms with Crippen molar-refractivity contribution in [1.82, 2.24) is 35.4 Å². The first kappa shape index (κ1) is 47.0. The number of aromatic nitrogens is 3. The van der Waals surface area contributed by atoms with E-state index in [9.17, 15) is 19.2 Å². The highest BCUT2D eigenvalue weighted by molar-refractivity contribution is 5.88. The first-order valence-electron chi connectivity index (χ1n) is 26.1. The lowest BCUT2D eigenvalue weighted by Gasteiger charge is -2.30. The summed E-state index contributed by atoms with van der Waals surface area (Å²) < 4.78 is 9.74. The highest BCUT2D eigenvalue weighted by atomic mass is 16.5. The molecule has 3 spiro atoms. The number of carbonyl (C=O) groups excluding carboxylic acids is 4. The summed E-state index contributed by atoms with van der Waals surface area (Å²) in [5, 5.41) is 5.58. The Kier molecular flexibility index (Phi) is 11.9. The van der Waals surface area contributed by atoms with E-state index in [1.165, 1.54) is 73.3 Å². The zero-order valence-electron chi connectivity index (χ0n) is 42.2. The van der Waals surface area contributed by atoms with Crippen LogP contribution in [0.4, 0.5) is 9.59 Å². The largest absolute Gasteiger partial charge is 0.453 e. The zero-order chi connectivity index (χ0) is 49.4. The molecule has 372 valence electrons. The minimum Gasteiger partial charge on any atom is -0.453 e. The fourth-order valence-electron chi connectivity index (χ4n) is 12.9. The molecule has 5 aromatic rings. The number of H-pyrrole nitrogens is 2. The smallest absolute Gasteiger partial charge is 0.407 e. The van der Waals surface area contributed by atoms with E-state index in [-0.39, 0.29) is 46.6 Å². The van der Waals surface area contributed by atoms with E-state index >= 15 is 0 Å². The molecule has 0 bridgehead atoms. The van der Waals surface area contributed by atoms with E-state index in [0.29, 0.717) is 18.5 Å². The van der Waals surface area contributed by atoms with Crippen LogP contribution in [0.15, 0.2) is 79.0 Å². The van der Waals surface area contributed by atoms with Gasteiger partial charge in [-0.25, -0.2) is 14.6 Å². The second-order valence-corrected chi connectivity index (χ2v) is 22.9. The Bertz CT molecular complexity index is 2660. The number of imidazole rings is 1. The van der Waals surface area contributed by atoms with Crippen molar-refractivity contribution in [1.29, 1.82) is 0 Å². The molecular formula is C58H69N7O6. The van der Waals surface area contributed by atoms with Crippen molar-refractivity contribution in [3.8, 4) is 44.8 Å². The van der Waals surface area contributed by atoms with E-state index in [0.717, 1.165) is 85.4 Å². The maximum atomic E-state index is 14.1. The van der Waals surface area contributed by atoms with Crippen LogP contribution in [0.2, 0.25) is 0 Å². The van der Waals surface area contributed by atoms with Gasteiger partial charge in [-0.15, -0.1) is 0 Å². The van der Waals surface area contributed by atoms with Gasteiger partial charge < -0.3 is 39.9 Å². The average molecular weight is 960 g/mol. The molecule has 6 aliphatic rings. The maximum Gasteiger partial charge on any atom is 0.407 e. The van der Waals surface area contributed by atoms with Gasteiger partial charge in [0.25, 0.3) is 0 Å². The zero-order valence-corrected chi connectivity index (χ0v) is 42.2. The molecule has 4 amide bonds. The number of aromatic amines is 2. The van der Waals surface area contributed by atoms with Crippen molar-refractivity contribution in [3.05, 3.63) is 102 Å². The van der Waals surface area contributed by atoms with Crippen LogP contribution in [0.3, 0.4) is 0 Å². The van der Waals surface area contributed by atoms with Gasteiger partial charge in [0.15, 0.2) is 0 Å². The Morgan fingerprint density at radius 2 is 1.04 bits per heavy atom. The number of benzene rings is 3. The first-order chi connectivity index (χ1) is 34.2. The Morgan fingerprint density at radius 1 is 0.577 bits per heavy atom. The van der Waals surface area contributed by atoms with Crippen LogP contribution in [0.5, 0.6) is 0 Å². The normalized spacial score (nSPS) is 21.8. The Labute approximate surface area is 417 Å². The number of nitrogens with one attached hydrogen (secondary N) is 4. The molecule has 4 heterocycles. The van der Waals surface area contributed by atoms with Crippen LogP contribution in [0, 0.1) is 28.1 Å². The summed E-state index contributed by atoms with van der Waals surface area (Å²) in [6.07, 6.45) is 14.2. The van der Waals surface area contributed by atoms with Gasteiger partial charge in [0.05, 0.1) is 38.2 Å². The minimum absolute atomic E-state index is 0.0547. The molecule has 4 atom stereocenters. The Morgan fingerprint density at radius 3 is 1.52 bits per heavy atom. The van der Waals surface area contributed by atoms with Crippen LogP contribution in [-0.4, -0.2) is 88.1 Å². The molecule has 2 saturated heterocycles. The lowest BCUT2D eigenvalue weighted by molar-refractivity contribution is -0.136. The Balaban J connectivity index is 0.824. The average Bonchev–Trinajstić information content (AvgIpc) is 3.80. The number of ether oxygens (including phenoxy) is 2. The topological polar surface area (TPSA) is 162 Å². The summed E-state index contributed by atoms with van der Waals surface area (Å²) in [5.41, 5.74) is 13.7. The first-order valence-corrected chi connectivity index (χ1v) is 26.1. The van der Waals surface area contributed by atoms with Crippen molar-refractivity contribution in [2.45, 2.75) is 129 Å². The van der Waals surface area contributed by atoms with Crippen molar-refractivity contribution >= 4 is 24.0 Å². The lowest BCUT2D eigenvalue weighted by Crippen LogP contribution is -2.51. The molecule has 13 nitrogen and oxygen atoms in total. The van der Waals surface area contributed by atoms with Crippen LogP contribution in [0.25, 0.3) is 44.8 Å². The third-order valence-corrected chi connectivity index (χ3v) is 17.5. The highest BCUT2D eigenvalue weighted by Gasteiger charge is 2.56. The lowest BCUT2D eigenvalue weighted by atomic mass is 9.82. The minimum atomic E-state index is -0.681. The molecule has 71 heavy (non-hydrogen) atoms. The number of methoxy groups -OCH3 is 2. The van der Waals surface area contributed by atoms with Gasteiger partial charge in [0.2, 0.25) is 11.8 Å². The highest BCUT2D eigenvalue weighted by Crippen LogP contribution is 2.60. The van der Waals surface area contributed by atoms with Crippen LogP contribution in [0.1, 0.15) is 127 Å². The predicted molar refractivity (Wildman–Crippen MR) is 273 cm³/mol. The number of alkyl carbamates (subject to hydrolysis) is 2. The van der Waals surface area contributed by atoms with Crippen LogP contribution in [-0.2, 0) is 31.9 Å². The number of rotatable bonds is 12. The van der Waals surface area contributed by atoms with Crippen LogP contribution >= 0.6 is 0 Å². The summed E-state index contributed by atoms with van der Waals surface area (Å²) >= 11 is 0. The number of hydrogen-bond donors (Lipinski definition) is 4. The molecule has 4 aliphatic carbocycles. The third-order valence-electron chi connectivity index (χ3n) is 17.5. The molecule has 4 N–H and O–H groups in total. The quantitative estimate of drug-likeness (QED) is 0.0968. The molecule has 0 unspecified atom stereocenters. The van der Waals surface area contributed by atoms with E-state index in [1.807, 2.05) is 43.7 Å². The standard InChI is InChI=1S/C58H69N7O6/c1-34(2)49(62-54(68)70-5)52(66)64-32-57(23-24-57)29-47(64)45-20-19-44(60-45)38-13-9-36(10-14-38)40-17-18-41(43-28-56(27-42(40)43)21-7-8-22-56)37-11-15-39(16-12-37)46-31-59-51(61-46)48-30-58(25-26-58)33-65(48)53(67)50(35(3)4)63-55(69)71-6/h9-20,31,34-35,47-50,60H,7-8,21-30,32-33H2,1-6H3,(H,59,61)(H,62,68)(H,63,69)/t47-,48-,49-,50-/m0/s1. The van der Waals surface area contributed by atoms with E-state index in [1.54, 1.807) is 0 Å². The molecule has 3 saturated carbocycles. The SMILES string of the molecule is COC(=O)N[C@H](C(=O)N1CC2(CC2)C[C@H]1c1ccc(-c2ccc(-c3ccc(-c4ccc(-c5cnc([C@@H]6CC7(CC7)CN6C(=O)[C@@H](NC(=O)OC)C(C)C)[nH]5)cc4)c4c3CC3(CCCC3)C4)cc2)[nH]1)C(C)C. The predicted octanol–water partition coefficient (Wildman–Crippen LogP) is 10.9. The van der Waals surface area contributed by atoms with Gasteiger partial charge in [-0.3, -0.25) is 9.59 Å². The number of carbonyl (C=O) groups is 4. The molecule has 3 aromatic carbocycles. The van der Waals surface area contributed by atoms with E-state index in [4.69, 9.17) is 14.5 Å². The Hall–Kier alpha value is -6.37. The monoisotopic (exact) mass is 960 g/mol. The van der Waals surface area contributed by atoms with Gasteiger partial charge >= 0.3 is 12.2 Å². The maximum absolute atomic E-state index is 14.1. The summed E-state index contributed by atoms with van der Waals surface area (Å²) in [6.45, 7) is 9.18. The molecule has 0 radical (unpaired) electrons. The second-order valence-electron chi connectivity index (χ2n) is 22.9. The van der Waals surface area contributed by atoms with E-state index in [2.05, 4.69) is 93.4 Å². The number of fused-ring (bicyclic) bond motifs is 1.